The van der Waals surface area contributed by atoms with Gasteiger partial charge in [0.25, 0.3) is 0 Å². The molecule has 0 fully saturated rings. The van der Waals surface area contributed by atoms with Crippen LogP contribution >= 0.6 is 0 Å². The van der Waals surface area contributed by atoms with Gasteiger partial charge in [-0.2, -0.15) is 0 Å². The molecule has 4 heteroatoms. The van der Waals surface area contributed by atoms with Gasteiger partial charge in [-0.1, -0.05) is 30.3 Å². The average molecular weight is 248 g/mol. The summed E-state index contributed by atoms with van der Waals surface area (Å²) in [5, 5.41) is 18.6. The van der Waals surface area contributed by atoms with E-state index in [0.29, 0.717) is 5.75 Å². The van der Waals surface area contributed by atoms with E-state index < -0.39 is 9.76 Å². The van der Waals surface area contributed by atoms with Gasteiger partial charge < -0.3 is 15.0 Å². The number of para-hydroxylation sites is 1. The minimum Gasteiger partial charge on any atom is -0.508 e. The second kappa shape index (κ2) is 6.73. The number of benzene rings is 2. The van der Waals surface area contributed by atoms with Gasteiger partial charge in [0.15, 0.2) is 9.76 Å². The van der Waals surface area contributed by atoms with Crippen LogP contribution in [0.5, 0.6) is 11.5 Å². The van der Waals surface area contributed by atoms with Crippen LogP contribution in [0.15, 0.2) is 48.5 Å². The van der Waals surface area contributed by atoms with Gasteiger partial charge in [-0.3, -0.25) is 0 Å². The molecule has 0 aromatic heterocycles. The molecule has 2 rings (SSSR count). The Morgan fingerprint density at radius 3 is 1.88 bits per heavy atom. The summed E-state index contributed by atoms with van der Waals surface area (Å²) in [5.74, 6) is 0.552. The summed E-state index contributed by atoms with van der Waals surface area (Å²) < 4.78 is 0. The van der Waals surface area contributed by atoms with Crippen molar-refractivity contribution in [1.29, 1.82) is 0 Å². The van der Waals surface area contributed by atoms with Crippen LogP contribution in [0.2, 0.25) is 0 Å². The highest BCUT2D eigenvalue weighted by molar-refractivity contribution is 6.47. The maximum atomic E-state index is 9.17. The van der Waals surface area contributed by atoms with Crippen molar-refractivity contribution in [2.45, 2.75) is 6.92 Å². The molecule has 0 spiro atoms. The van der Waals surface area contributed by atoms with E-state index in [4.69, 9.17) is 15.0 Å². The van der Waals surface area contributed by atoms with E-state index in [-0.39, 0.29) is 5.75 Å². The molecule has 0 saturated heterocycles. The van der Waals surface area contributed by atoms with E-state index in [1.165, 1.54) is 0 Å². The van der Waals surface area contributed by atoms with Crippen LogP contribution in [0, 0.1) is 6.92 Å². The number of hydrogen-bond acceptors (Lipinski definition) is 3. The summed E-state index contributed by atoms with van der Waals surface area (Å²) in [6.45, 7) is 1.89. The van der Waals surface area contributed by atoms with Crippen LogP contribution in [0.4, 0.5) is 0 Å². The topological polar surface area (TPSA) is 60.7 Å². The average Bonchev–Trinajstić information content (AvgIpc) is 2.31. The van der Waals surface area contributed by atoms with Gasteiger partial charge in [-0.05, 0) is 30.7 Å². The van der Waals surface area contributed by atoms with Gasteiger partial charge in [-0.25, -0.2) is 0 Å². The quantitative estimate of drug-likeness (QED) is 0.654. The fraction of sp³-hybridized carbons (Fsp3) is 0.0769. The first-order valence-electron chi connectivity index (χ1n) is 5.27. The highest BCUT2D eigenvalue weighted by Gasteiger charge is 2.01. The molecule has 0 bridgehead atoms. The molecule has 90 valence electrons. The zero-order valence-electron chi connectivity index (χ0n) is 9.67. The first kappa shape index (κ1) is 13.3. The molecule has 0 amide bonds. The molecule has 0 aliphatic rings. The molecule has 0 saturated carbocycles. The number of rotatable bonds is 1. The molecule has 3 nitrogen and oxygen atoms in total. The van der Waals surface area contributed by atoms with Crippen LogP contribution in [0.25, 0.3) is 0 Å². The smallest absolute Gasteiger partial charge is 0.192 e. The van der Waals surface area contributed by atoms with E-state index in [2.05, 4.69) is 0 Å². The van der Waals surface area contributed by atoms with Crippen molar-refractivity contribution in [1.82, 2.24) is 0 Å². The molecule has 17 heavy (non-hydrogen) atoms. The SMILES string of the molecule is Cc1cccc(O)c1[SiH2]O.Oc1ccccc1. The van der Waals surface area contributed by atoms with Crippen molar-refractivity contribution in [3.8, 4) is 11.5 Å². The van der Waals surface area contributed by atoms with Crippen molar-refractivity contribution in [2.75, 3.05) is 0 Å². The number of aryl methyl sites for hydroxylation is 1. The summed E-state index contributed by atoms with van der Waals surface area (Å²) >= 11 is 0. The molecule has 0 atom stereocenters. The van der Waals surface area contributed by atoms with Gasteiger partial charge in [0, 0.05) is 5.19 Å². The second-order valence-corrected chi connectivity index (χ2v) is 4.59. The molecule has 0 unspecified atom stereocenters. The van der Waals surface area contributed by atoms with Crippen LogP contribution in [-0.2, 0) is 0 Å². The second-order valence-electron chi connectivity index (χ2n) is 3.57. The van der Waals surface area contributed by atoms with Crippen LogP contribution < -0.4 is 5.19 Å². The molecule has 0 radical (unpaired) electrons. The fourth-order valence-corrected chi connectivity index (χ4v) is 1.97. The number of phenols is 2. The molecule has 2 aromatic rings. The summed E-state index contributed by atoms with van der Waals surface area (Å²) in [4.78, 5) is 8.88. The maximum absolute atomic E-state index is 9.17. The molecule has 0 heterocycles. The number of aromatic hydroxyl groups is 2. The van der Waals surface area contributed by atoms with Gasteiger partial charge in [0.05, 0.1) is 0 Å². The Bertz CT molecular complexity index is 437. The Balaban J connectivity index is 0.000000181. The lowest BCUT2D eigenvalue weighted by Gasteiger charge is -2.02. The van der Waals surface area contributed by atoms with Crippen molar-refractivity contribution in [2.24, 2.45) is 0 Å². The van der Waals surface area contributed by atoms with E-state index in [9.17, 15) is 0 Å². The predicted molar refractivity (Wildman–Crippen MR) is 71.3 cm³/mol. The van der Waals surface area contributed by atoms with Crippen LogP contribution in [0.1, 0.15) is 5.56 Å². The molecule has 0 aliphatic carbocycles. The Hall–Kier alpha value is -1.78. The van der Waals surface area contributed by atoms with Gasteiger partial charge >= 0.3 is 0 Å². The largest absolute Gasteiger partial charge is 0.508 e. The molecule has 3 N–H and O–H groups in total. The van der Waals surface area contributed by atoms with Crippen molar-refractivity contribution in [3.63, 3.8) is 0 Å². The highest BCUT2D eigenvalue weighted by Crippen LogP contribution is 2.05. The zero-order valence-corrected chi connectivity index (χ0v) is 11.1. The van der Waals surface area contributed by atoms with Crippen molar-refractivity contribution < 1.29 is 15.0 Å². The zero-order chi connectivity index (χ0) is 12.7. The van der Waals surface area contributed by atoms with Gasteiger partial charge in [-0.15, -0.1) is 0 Å². The fourth-order valence-electron chi connectivity index (χ4n) is 1.32. The number of hydrogen-bond donors (Lipinski definition) is 3. The standard InChI is InChI=1S/C7H10O2Si.C6H6O/c1-5-3-2-4-6(8)7(5)10-9;7-6-4-2-1-3-5-6/h2-4,8-9H,10H2,1H3;1-5,7H. The lowest BCUT2D eigenvalue weighted by atomic mass is 10.2. The van der Waals surface area contributed by atoms with Crippen molar-refractivity contribution >= 4 is 14.9 Å². The minimum atomic E-state index is -1.22. The highest BCUT2D eigenvalue weighted by atomic mass is 28.2. The van der Waals surface area contributed by atoms with E-state index in [0.717, 1.165) is 10.8 Å². The molecular weight excluding hydrogens is 232 g/mol. The Labute approximate surface area is 103 Å². The minimum absolute atomic E-state index is 0.231. The Morgan fingerprint density at radius 2 is 1.53 bits per heavy atom. The Morgan fingerprint density at radius 1 is 0.882 bits per heavy atom. The summed E-state index contributed by atoms with van der Waals surface area (Å²) in [6, 6.07) is 14.0. The van der Waals surface area contributed by atoms with Crippen LogP contribution in [-0.4, -0.2) is 24.8 Å². The first-order valence-corrected chi connectivity index (χ1v) is 6.61. The van der Waals surface area contributed by atoms with E-state index in [1.54, 1.807) is 36.4 Å². The summed E-state index contributed by atoms with van der Waals surface area (Å²) in [7, 11) is -1.22. The normalized spacial score (nSPS) is 10.0. The third-order valence-corrected chi connectivity index (χ3v) is 3.54. The third kappa shape index (κ3) is 4.30. The third-order valence-electron chi connectivity index (χ3n) is 2.30. The monoisotopic (exact) mass is 248 g/mol. The lowest BCUT2D eigenvalue weighted by molar-refractivity contribution is 0.475. The lowest BCUT2D eigenvalue weighted by Crippen LogP contribution is -2.16. The van der Waals surface area contributed by atoms with Crippen molar-refractivity contribution in [3.05, 3.63) is 54.1 Å². The summed E-state index contributed by atoms with van der Waals surface area (Å²) in [6.07, 6.45) is 0. The molecular formula is C13H16O3Si. The molecule has 0 aliphatic heterocycles. The van der Waals surface area contributed by atoms with Gasteiger partial charge in [0.1, 0.15) is 11.5 Å². The maximum Gasteiger partial charge on any atom is 0.192 e. The first-order chi connectivity index (χ1) is 8.15. The van der Waals surface area contributed by atoms with E-state index >= 15 is 0 Å². The Kier molecular flexibility index (Phi) is 5.25. The number of phenolic OH excluding ortho intramolecular Hbond substituents is 2. The summed E-state index contributed by atoms with van der Waals surface area (Å²) in [5.41, 5.74) is 0.981. The van der Waals surface area contributed by atoms with Gasteiger partial charge in [0.2, 0.25) is 0 Å². The predicted octanol–water partition coefficient (Wildman–Crippen LogP) is 0.794. The van der Waals surface area contributed by atoms with E-state index in [1.807, 2.05) is 19.1 Å². The van der Waals surface area contributed by atoms with Crippen LogP contribution in [0.3, 0.4) is 0 Å². The molecule has 2 aromatic carbocycles.